The van der Waals surface area contributed by atoms with Gasteiger partial charge in [0.15, 0.2) is 0 Å². The average Bonchev–Trinajstić information content (AvgIpc) is 2.36. The highest BCUT2D eigenvalue weighted by Gasteiger charge is 2.11. The maximum absolute atomic E-state index is 5.84. The van der Waals surface area contributed by atoms with Crippen LogP contribution >= 0.6 is 0 Å². The summed E-state index contributed by atoms with van der Waals surface area (Å²) in [5, 5.41) is 3.47. The van der Waals surface area contributed by atoms with Crippen molar-refractivity contribution in [2.45, 2.75) is 39.3 Å². The number of rotatable bonds is 7. The zero-order valence-electron chi connectivity index (χ0n) is 11.1. The van der Waals surface area contributed by atoms with E-state index in [1.807, 2.05) is 25.1 Å². The second-order valence-corrected chi connectivity index (χ2v) is 4.27. The summed E-state index contributed by atoms with van der Waals surface area (Å²) < 4.78 is 5.84. The van der Waals surface area contributed by atoms with E-state index in [-0.39, 0.29) is 6.10 Å². The minimum atomic E-state index is 0.0366. The topological polar surface area (TPSA) is 21.3 Å². The van der Waals surface area contributed by atoms with Gasteiger partial charge in [-0.05, 0) is 32.9 Å². The Morgan fingerprint density at radius 2 is 2.06 bits per heavy atom. The molecule has 2 unspecified atom stereocenters. The van der Waals surface area contributed by atoms with Gasteiger partial charge < -0.3 is 10.1 Å². The molecule has 0 aliphatic rings. The molecular weight excluding hydrogens is 210 g/mol. The zero-order valence-corrected chi connectivity index (χ0v) is 11.1. The van der Waals surface area contributed by atoms with E-state index in [0.717, 1.165) is 18.7 Å². The van der Waals surface area contributed by atoms with Gasteiger partial charge in [-0.3, -0.25) is 0 Å². The molecule has 1 rings (SSSR count). The molecule has 1 aromatic rings. The number of nitrogens with one attached hydrogen (secondary N) is 1. The standard InChI is InChI=1S/C15H23NO/c1-5-11-16-13(4)14-9-7-8-10-15(14)17-12(3)6-2/h6-10,12-13,16H,2,5,11H2,1,3-4H3. The van der Waals surface area contributed by atoms with Crippen molar-refractivity contribution in [2.24, 2.45) is 0 Å². The van der Waals surface area contributed by atoms with E-state index in [0.29, 0.717) is 6.04 Å². The number of hydrogen-bond donors (Lipinski definition) is 1. The lowest BCUT2D eigenvalue weighted by molar-refractivity contribution is 0.265. The van der Waals surface area contributed by atoms with Crippen LogP contribution in [0.2, 0.25) is 0 Å². The summed E-state index contributed by atoms with van der Waals surface area (Å²) in [6, 6.07) is 8.48. The molecule has 0 spiro atoms. The lowest BCUT2D eigenvalue weighted by atomic mass is 10.1. The molecule has 0 heterocycles. The Morgan fingerprint density at radius 3 is 2.71 bits per heavy atom. The molecule has 2 nitrogen and oxygen atoms in total. The molecular formula is C15H23NO. The van der Waals surface area contributed by atoms with Crippen LogP contribution in [0.4, 0.5) is 0 Å². The average molecular weight is 233 g/mol. The highest BCUT2D eigenvalue weighted by molar-refractivity contribution is 5.36. The molecule has 0 aliphatic carbocycles. The van der Waals surface area contributed by atoms with E-state index in [9.17, 15) is 0 Å². The fraction of sp³-hybridized carbons (Fsp3) is 0.467. The minimum absolute atomic E-state index is 0.0366. The first-order valence-electron chi connectivity index (χ1n) is 6.30. The molecule has 0 saturated carbocycles. The Labute approximate surface area is 105 Å². The Bertz CT molecular complexity index is 349. The fourth-order valence-corrected chi connectivity index (χ4v) is 1.66. The molecule has 0 aliphatic heterocycles. The SMILES string of the molecule is C=CC(C)Oc1ccccc1C(C)NCCC. The fourth-order valence-electron chi connectivity index (χ4n) is 1.66. The van der Waals surface area contributed by atoms with Gasteiger partial charge >= 0.3 is 0 Å². The summed E-state index contributed by atoms with van der Waals surface area (Å²) in [5.41, 5.74) is 1.20. The normalized spacial score (nSPS) is 14.1. The van der Waals surface area contributed by atoms with Crippen molar-refractivity contribution in [1.82, 2.24) is 5.32 Å². The van der Waals surface area contributed by atoms with Gasteiger partial charge in [-0.2, -0.15) is 0 Å². The predicted molar refractivity (Wildman–Crippen MR) is 73.4 cm³/mol. The highest BCUT2D eigenvalue weighted by Crippen LogP contribution is 2.25. The molecule has 1 N–H and O–H groups in total. The summed E-state index contributed by atoms with van der Waals surface area (Å²) in [7, 11) is 0. The van der Waals surface area contributed by atoms with Crippen LogP contribution < -0.4 is 10.1 Å². The first-order chi connectivity index (χ1) is 8.19. The molecule has 2 atom stereocenters. The molecule has 1 aromatic carbocycles. The molecule has 94 valence electrons. The number of hydrogen-bond acceptors (Lipinski definition) is 2. The van der Waals surface area contributed by atoms with E-state index in [4.69, 9.17) is 4.74 Å². The molecule has 17 heavy (non-hydrogen) atoms. The van der Waals surface area contributed by atoms with E-state index >= 15 is 0 Å². The van der Waals surface area contributed by atoms with Gasteiger partial charge in [0, 0.05) is 11.6 Å². The van der Waals surface area contributed by atoms with Crippen LogP contribution in [0, 0.1) is 0 Å². The summed E-state index contributed by atoms with van der Waals surface area (Å²) >= 11 is 0. The molecule has 0 bridgehead atoms. The second kappa shape index (κ2) is 7.13. The van der Waals surface area contributed by atoms with E-state index < -0.39 is 0 Å². The summed E-state index contributed by atoms with van der Waals surface area (Å²) in [6.45, 7) is 11.1. The third-order valence-electron chi connectivity index (χ3n) is 2.73. The van der Waals surface area contributed by atoms with E-state index in [2.05, 4.69) is 31.8 Å². The molecule has 0 fully saturated rings. The van der Waals surface area contributed by atoms with Gasteiger partial charge in [-0.25, -0.2) is 0 Å². The van der Waals surface area contributed by atoms with Gasteiger partial charge in [0.1, 0.15) is 11.9 Å². The van der Waals surface area contributed by atoms with Crippen LogP contribution in [0.1, 0.15) is 38.8 Å². The largest absolute Gasteiger partial charge is 0.486 e. The number of ether oxygens (including phenoxy) is 1. The smallest absolute Gasteiger partial charge is 0.124 e. The van der Waals surface area contributed by atoms with Crippen molar-refractivity contribution in [3.8, 4) is 5.75 Å². The minimum Gasteiger partial charge on any atom is -0.486 e. The van der Waals surface area contributed by atoms with Crippen LogP contribution in [-0.2, 0) is 0 Å². The van der Waals surface area contributed by atoms with E-state index in [1.54, 1.807) is 6.08 Å². The Hall–Kier alpha value is -1.28. The van der Waals surface area contributed by atoms with Crippen molar-refractivity contribution in [3.05, 3.63) is 42.5 Å². The Kier molecular flexibility index (Phi) is 5.78. The lowest BCUT2D eigenvalue weighted by Crippen LogP contribution is -2.20. The highest BCUT2D eigenvalue weighted by atomic mass is 16.5. The number of para-hydroxylation sites is 1. The van der Waals surface area contributed by atoms with Crippen molar-refractivity contribution in [3.63, 3.8) is 0 Å². The third kappa shape index (κ3) is 4.23. The molecule has 2 heteroatoms. The van der Waals surface area contributed by atoms with Crippen LogP contribution in [0.15, 0.2) is 36.9 Å². The number of benzene rings is 1. The summed E-state index contributed by atoms with van der Waals surface area (Å²) in [5.74, 6) is 0.941. The summed E-state index contributed by atoms with van der Waals surface area (Å²) in [6.07, 6.45) is 2.98. The molecule has 0 aromatic heterocycles. The Morgan fingerprint density at radius 1 is 1.35 bits per heavy atom. The van der Waals surface area contributed by atoms with Crippen LogP contribution in [0.25, 0.3) is 0 Å². The van der Waals surface area contributed by atoms with Gasteiger partial charge in [0.2, 0.25) is 0 Å². The van der Waals surface area contributed by atoms with Crippen molar-refractivity contribution >= 4 is 0 Å². The quantitative estimate of drug-likeness (QED) is 0.725. The van der Waals surface area contributed by atoms with Crippen molar-refractivity contribution < 1.29 is 4.74 Å². The predicted octanol–water partition coefficient (Wildman–Crippen LogP) is 3.70. The van der Waals surface area contributed by atoms with Crippen LogP contribution in [0.5, 0.6) is 5.75 Å². The van der Waals surface area contributed by atoms with Gasteiger partial charge in [0.05, 0.1) is 0 Å². The maximum Gasteiger partial charge on any atom is 0.124 e. The first-order valence-corrected chi connectivity index (χ1v) is 6.30. The molecule has 0 radical (unpaired) electrons. The van der Waals surface area contributed by atoms with E-state index in [1.165, 1.54) is 5.56 Å². The summed E-state index contributed by atoms with van der Waals surface area (Å²) in [4.78, 5) is 0. The van der Waals surface area contributed by atoms with Crippen molar-refractivity contribution in [1.29, 1.82) is 0 Å². The lowest BCUT2D eigenvalue weighted by Gasteiger charge is -2.19. The van der Waals surface area contributed by atoms with Gasteiger partial charge in [0.25, 0.3) is 0 Å². The third-order valence-corrected chi connectivity index (χ3v) is 2.73. The molecule has 0 saturated heterocycles. The monoisotopic (exact) mass is 233 g/mol. The first kappa shape index (κ1) is 13.8. The van der Waals surface area contributed by atoms with Gasteiger partial charge in [-0.15, -0.1) is 0 Å². The zero-order chi connectivity index (χ0) is 12.7. The van der Waals surface area contributed by atoms with Gasteiger partial charge in [-0.1, -0.05) is 37.8 Å². The maximum atomic E-state index is 5.84. The van der Waals surface area contributed by atoms with Crippen LogP contribution in [0.3, 0.4) is 0 Å². The second-order valence-electron chi connectivity index (χ2n) is 4.27. The molecule has 0 amide bonds. The van der Waals surface area contributed by atoms with Crippen LogP contribution in [-0.4, -0.2) is 12.6 Å². The van der Waals surface area contributed by atoms with Crippen molar-refractivity contribution in [2.75, 3.05) is 6.54 Å². The Balaban J connectivity index is 2.79.